The molecule has 0 aliphatic rings. The summed E-state index contributed by atoms with van der Waals surface area (Å²) in [5, 5.41) is 16.0. The van der Waals surface area contributed by atoms with Crippen molar-refractivity contribution in [1.29, 1.82) is 0 Å². The molecule has 0 radical (unpaired) electrons. The second-order valence-electron chi connectivity index (χ2n) is 4.89. The maximum absolute atomic E-state index is 11.9. The minimum Gasteiger partial charge on any atom is -0.481 e. The maximum atomic E-state index is 11.9. The average molecular weight is 346 g/mol. The van der Waals surface area contributed by atoms with Gasteiger partial charge in [-0.3, -0.25) is 4.79 Å². The normalized spacial score (nSPS) is 11.0. The largest absolute Gasteiger partial charge is 0.481 e. The Balaban J connectivity index is 2.05. The highest BCUT2D eigenvalue weighted by molar-refractivity contribution is 6.30. The van der Waals surface area contributed by atoms with Gasteiger partial charge < -0.3 is 10.4 Å². The van der Waals surface area contributed by atoms with Crippen LogP contribution in [0.4, 0.5) is 10.5 Å². The fraction of sp³-hybridized carbons (Fsp3) is 0.118. The number of carboxylic acids is 1. The highest BCUT2D eigenvalue weighted by atomic mass is 35.5. The second kappa shape index (κ2) is 8.69. The maximum Gasteiger partial charge on any atom is 0.339 e. The van der Waals surface area contributed by atoms with Crippen LogP contribution < -0.4 is 10.7 Å². The number of urea groups is 1. The van der Waals surface area contributed by atoms with Gasteiger partial charge in [-0.05, 0) is 23.8 Å². The van der Waals surface area contributed by atoms with Crippen LogP contribution in [0.1, 0.15) is 18.4 Å². The average Bonchev–Trinajstić information content (AvgIpc) is 2.55. The van der Waals surface area contributed by atoms with Crippen LogP contribution in [0.3, 0.4) is 0 Å². The summed E-state index contributed by atoms with van der Waals surface area (Å²) in [6.07, 6.45) is 0.127. The molecule has 124 valence electrons. The standard InChI is InChI=1S/C17H16ClN3O3/c18-13-7-4-8-14(11-13)19-17(24)21-20-15(9-10-16(22)23)12-5-2-1-3-6-12/h1-8,11H,9-10H2,(H,22,23)(H2,19,21,24)/b20-15+. The Kier molecular flexibility index (Phi) is 6.33. The monoisotopic (exact) mass is 345 g/mol. The molecule has 6 nitrogen and oxygen atoms in total. The van der Waals surface area contributed by atoms with Crippen LogP contribution in [0.25, 0.3) is 0 Å². The lowest BCUT2D eigenvalue weighted by Crippen LogP contribution is -2.25. The predicted octanol–water partition coefficient (Wildman–Crippen LogP) is 3.73. The zero-order valence-electron chi connectivity index (χ0n) is 12.7. The van der Waals surface area contributed by atoms with Crippen LogP contribution in [-0.2, 0) is 4.79 Å². The van der Waals surface area contributed by atoms with Crippen molar-refractivity contribution in [2.75, 3.05) is 5.32 Å². The number of anilines is 1. The van der Waals surface area contributed by atoms with Crippen molar-refractivity contribution in [3.8, 4) is 0 Å². The Morgan fingerprint density at radius 3 is 2.46 bits per heavy atom. The van der Waals surface area contributed by atoms with Crippen molar-refractivity contribution in [3.05, 3.63) is 65.2 Å². The molecule has 2 aromatic carbocycles. The summed E-state index contributed by atoms with van der Waals surface area (Å²) in [7, 11) is 0. The molecule has 24 heavy (non-hydrogen) atoms. The molecule has 3 N–H and O–H groups in total. The lowest BCUT2D eigenvalue weighted by atomic mass is 10.1. The molecular weight excluding hydrogens is 330 g/mol. The van der Waals surface area contributed by atoms with Gasteiger partial charge >= 0.3 is 12.0 Å². The number of nitrogens with one attached hydrogen (secondary N) is 2. The first-order valence-electron chi connectivity index (χ1n) is 7.21. The molecule has 0 spiro atoms. The van der Waals surface area contributed by atoms with Gasteiger partial charge in [0.1, 0.15) is 0 Å². The minimum atomic E-state index is -0.929. The molecule has 2 aromatic rings. The van der Waals surface area contributed by atoms with Crippen LogP contribution in [0.5, 0.6) is 0 Å². The van der Waals surface area contributed by atoms with Crippen LogP contribution >= 0.6 is 11.6 Å². The summed E-state index contributed by atoms with van der Waals surface area (Å²) in [4.78, 5) is 22.7. The van der Waals surface area contributed by atoms with Crippen LogP contribution in [0, 0.1) is 0 Å². The Morgan fingerprint density at radius 2 is 1.79 bits per heavy atom. The van der Waals surface area contributed by atoms with Crippen molar-refractivity contribution in [1.82, 2.24) is 5.43 Å². The molecule has 2 amide bonds. The third-order valence-electron chi connectivity index (χ3n) is 3.06. The number of carbonyl (C=O) groups excluding carboxylic acids is 1. The quantitative estimate of drug-likeness (QED) is 0.550. The molecule has 2 rings (SSSR count). The summed E-state index contributed by atoms with van der Waals surface area (Å²) in [5.41, 5.74) is 4.14. The Labute approximate surface area is 144 Å². The van der Waals surface area contributed by atoms with E-state index in [2.05, 4.69) is 15.8 Å². The molecule has 0 atom stereocenters. The first kappa shape index (κ1) is 17.5. The van der Waals surface area contributed by atoms with Crippen molar-refractivity contribution in [2.45, 2.75) is 12.8 Å². The Morgan fingerprint density at radius 1 is 1.04 bits per heavy atom. The number of nitrogens with zero attached hydrogens (tertiary/aromatic N) is 1. The van der Waals surface area contributed by atoms with E-state index < -0.39 is 12.0 Å². The van der Waals surface area contributed by atoms with E-state index >= 15 is 0 Å². The highest BCUT2D eigenvalue weighted by Crippen LogP contribution is 2.14. The zero-order valence-corrected chi connectivity index (χ0v) is 13.5. The zero-order chi connectivity index (χ0) is 17.4. The third kappa shape index (κ3) is 5.73. The summed E-state index contributed by atoms with van der Waals surface area (Å²) >= 11 is 5.85. The van der Waals surface area contributed by atoms with E-state index in [-0.39, 0.29) is 12.8 Å². The first-order valence-corrected chi connectivity index (χ1v) is 7.59. The topological polar surface area (TPSA) is 90.8 Å². The van der Waals surface area contributed by atoms with E-state index in [1.807, 2.05) is 18.2 Å². The molecule has 0 unspecified atom stereocenters. The van der Waals surface area contributed by atoms with E-state index in [1.54, 1.807) is 36.4 Å². The number of hydrazone groups is 1. The second-order valence-corrected chi connectivity index (χ2v) is 5.33. The van der Waals surface area contributed by atoms with Gasteiger partial charge in [-0.15, -0.1) is 0 Å². The van der Waals surface area contributed by atoms with Crippen molar-refractivity contribution in [3.63, 3.8) is 0 Å². The van der Waals surface area contributed by atoms with Gasteiger partial charge in [0.15, 0.2) is 0 Å². The van der Waals surface area contributed by atoms with E-state index in [0.29, 0.717) is 16.4 Å². The molecule has 0 aromatic heterocycles. The van der Waals surface area contributed by atoms with Gasteiger partial charge in [0, 0.05) is 17.1 Å². The van der Waals surface area contributed by atoms with Crippen LogP contribution in [0.15, 0.2) is 59.7 Å². The van der Waals surface area contributed by atoms with Gasteiger partial charge in [0.05, 0.1) is 12.1 Å². The number of hydrogen-bond acceptors (Lipinski definition) is 3. The lowest BCUT2D eigenvalue weighted by Gasteiger charge is -2.08. The molecule has 0 saturated heterocycles. The molecule has 0 bridgehead atoms. The molecule has 0 fully saturated rings. The summed E-state index contributed by atoms with van der Waals surface area (Å²) in [6, 6.07) is 15.2. The van der Waals surface area contributed by atoms with Crippen LogP contribution in [-0.4, -0.2) is 22.8 Å². The van der Waals surface area contributed by atoms with E-state index in [9.17, 15) is 9.59 Å². The van der Waals surface area contributed by atoms with Crippen LogP contribution in [0.2, 0.25) is 5.02 Å². The number of rotatable bonds is 6. The summed E-state index contributed by atoms with van der Waals surface area (Å²) in [6.45, 7) is 0. The smallest absolute Gasteiger partial charge is 0.339 e. The minimum absolute atomic E-state index is 0.0781. The molecule has 0 aliphatic carbocycles. The van der Waals surface area contributed by atoms with E-state index in [0.717, 1.165) is 5.56 Å². The number of hydrogen-bond donors (Lipinski definition) is 3. The first-order chi connectivity index (χ1) is 11.5. The Bertz CT molecular complexity index is 748. The fourth-order valence-electron chi connectivity index (χ4n) is 1.96. The number of amides is 2. The number of carbonyl (C=O) groups is 2. The van der Waals surface area contributed by atoms with Gasteiger partial charge in [0.2, 0.25) is 0 Å². The van der Waals surface area contributed by atoms with Crippen molar-refractivity contribution >= 4 is 35.0 Å². The number of aliphatic carboxylic acids is 1. The Hall–Kier alpha value is -2.86. The molecule has 0 saturated carbocycles. The lowest BCUT2D eigenvalue weighted by molar-refractivity contribution is -0.136. The molecule has 7 heteroatoms. The highest BCUT2D eigenvalue weighted by Gasteiger charge is 2.08. The number of carboxylic acid groups (broad SMARTS) is 1. The van der Waals surface area contributed by atoms with Gasteiger partial charge in [-0.25, -0.2) is 10.2 Å². The third-order valence-corrected chi connectivity index (χ3v) is 3.29. The van der Waals surface area contributed by atoms with Gasteiger partial charge in [-0.2, -0.15) is 5.10 Å². The van der Waals surface area contributed by atoms with Crippen molar-refractivity contribution in [2.24, 2.45) is 5.10 Å². The SMILES string of the molecule is O=C(O)CC/C(=N\NC(=O)Nc1cccc(Cl)c1)c1ccccc1. The molecular formula is C17H16ClN3O3. The van der Waals surface area contributed by atoms with E-state index in [1.165, 1.54) is 0 Å². The van der Waals surface area contributed by atoms with Gasteiger partial charge in [-0.1, -0.05) is 48.0 Å². The molecule has 0 aliphatic heterocycles. The molecule has 0 heterocycles. The number of benzene rings is 2. The van der Waals surface area contributed by atoms with Gasteiger partial charge in [0.25, 0.3) is 0 Å². The summed E-state index contributed by atoms with van der Waals surface area (Å²) < 4.78 is 0. The predicted molar refractivity (Wildman–Crippen MR) is 93.5 cm³/mol. The number of halogens is 1. The van der Waals surface area contributed by atoms with E-state index in [4.69, 9.17) is 16.7 Å². The fourth-order valence-corrected chi connectivity index (χ4v) is 2.15. The van der Waals surface area contributed by atoms with Crippen molar-refractivity contribution < 1.29 is 14.7 Å². The summed E-state index contributed by atoms with van der Waals surface area (Å²) in [5.74, 6) is -0.929.